The molecule has 28 heavy (non-hydrogen) atoms. The quantitative estimate of drug-likeness (QED) is 0.655. The fourth-order valence-electron chi connectivity index (χ4n) is 2.71. The highest BCUT2D eigenvalue weighted by Crippen LogP contribution is 2.24. The van der Waals surface area contributed by atoms with Gasteiger partial charge in [-0.1, -0.05) is 29.8 Å². The molecule has 3 rings (SSSR count). The predicted octanol–water partition coefficient (Wildman–Crippen LogP) is 4.37. The molecule has 0 aliphatic rings. The SMILES string of the molecule is Cc1cc(C(F)F)nn1C(C)C(=O)Nc1nn(Cc2ccccc2F)cc1Cl. The summed E-state index contributed by atoms with van der Waals surface area (Å²) in [5, 5.41) is 10.6. The molecule has 0 radical (unpaired) electrons. The number of carbonyl (C=O) groups excluding carboxylic acids is 1. The van der Waals surface area contributed by atoms with Crippen LogP contribution in [0.25, 0.3) is 0 Å². The summed E-state index contributed by atoms with van der Waals surface area (Å²) in [6, 6.07) is 6.61. The van der Waals surface area contributed by atoms with Crippen LogP contribution in [0, 0.1) is 12.7 Å². The van der Waals surface area contributed by atoms with Crippen molar-refractivity contribution in [3.05, 3.63) is 64.3 Å². The lowest BCUT2D eigenvalue weighted by atomic mass is 10.2. The number of halogens is 4. The van der Waals surface area contributed by atoms with Crippen LogP contribution in [0.5, 0.6) is 0 Å². The summed E-state index contributed by atoms with van der Waals surface area (Å²) in [5.41, 5.74) is 0.443. The summed E-state index contributed by atoms with van der Waals surface area (Å²) in [4.78, 5) is 12.5. The van der Waals surface area contributed by atoms with Crippen molar-refractivity contribution in [2.24, 2.45) is 0 Å². The molecule has 0 saturated heterocycles. The third-order valence-electron chi connectivity index (χ3n) is 4.16. The Morgan fingerprint density at radius 2 is 2.00 bits per heavy atom. The molecule has 0 aliphatic heterocycles. The molecule has 0 spiro atoms. The molecule has 0 fully saturated rings. The van der Waals surface area contributed by atoms with Crippen LogP contribution in [-0.2, 0) is 11.3 Å². The summed E-state index contributed by atoms with van der Waals surface area (Å²) in [6.07, 6.45) is -1.26. The van der Waals surface area contributed by atoms with Crippen molar-refractivity contribution >= 4 is 23.3 Å². The highest BCUT2D eigenvalue weighted by Gasteiger charge is 2.23. The number of benzene rings is 1. The highest BCUT2D eigenvalue weighted by molar-refractivity contribution is 6.33. The molecule has 6 nitrogen and oxygen atoms in total. The molecule has 0 saturated carbocycles. The summed E-state index contributed by atoms with van der Waals surface area (Å²) < 4.78 is 42.0. The van der Waals surface area contributed by atoms with E-state index in [9.17, 15) is 18.0 Å². The van der Waals surface area contributed by atoms with Gasteiger partial charge in [-0.2, -0.15) is 10.2 Å². The molecule has 0 aliphatic carbocycles. The summed E-state index contributed by atoms with van der Waals surface area (Å²) >= 11 is 6.11. The Kier molecular flexibility index (Phi) is 5.73. The fourth-order valence-corrected chi connectivity index (χ4v) is 2.90. The van der Waals surface area contributed by atoms with Crippen LogP contribution in [0.3, 0.4) is 0 Å². The minimum Gasteiger partial charge on any atom is -0.306 e. The molecular weight excluding hydrogens is 395 g/mol. The average Bonchev–Trinajstić information content (AvgIpc) is 3.19. The van der Waals surface area contributed by atoms with Crippen LogP contribution in [0.1, 0.15) is 36.3 Å². The predicted molar refractivity (Wildman–Crippen MR) is 98.0 cm³/mol. The van der Waals surface area contributed by atoms with Crippen LogP contribution < -0.4 is 5.32 Å². The van der Waals surface area contributed by atoms with E-state index in [0.29, 0.717) is 11.3 Å². The van der Waals surface area contributed by atoms with Crippen molar-refractivity contribution < 1.29 is 18.0 Å². The van der Waals surface area contributed by atoms with Crippen molar-refractivity contribution in [3.63, 3.8) is 0 Å². The van der Waals surface area contributed by atoms with E-state index in [1.54, 1.807) is 25.1 Å². The maximum atomic E-state index is 13.8. The van der Waals surface area contributed by atoms with E-state index in [4.69, 9.17) is 11.6 Å². The Morgan fingerprint density at radius 1 is 1.29 bits per heavy atom. The van der Waals surface area contributed by atoms with E-state index in [0.717, 1.165) is 0 Å². The summed E-state index contributed by atoms with van der Waals surface area (Å²) in [5.74, 6) is -0.809. The van der Waals surface area contributed by atoms with E-state index in [1.165, 1.54) is 34.6 Å². The van der Waals surface area contributed by atoms with Gasteiger partial charge in [-0.15, -0.1) is 0 Å². The van der Waals surface area contributed by atoms with Gasteiger partial charge in [-0.25, -0.2) is 13.2 Å². The number of carbonyl (C=O) groups is 1. The number of aromatic nitrogens is 4. The van der Waals surface area contributed by atoms with Crippen molar-refractivity contribution in [2.75, 3.05) is 5.32 Å². The van der Waals surface area contributed by atoms with Gasteiger partial charge >= 0.3 is 0 Å². The lowest BCUT2D eigenvalue weighted by Gasteiger charge is -2.13. The largest absolute Gasteiger partial charge is 0.306 e. The first kappa shape index (κ1) is 19.9. The summed E-state index contributed by atoms with van der Waals surface area (Å²) in [6.45, 7) is 3.24. The lowest BCUT2D eigenvalue weighted by molar-refractivity contribution is -0.119. The normalized spacial score (nSPS) is 12.4. The van der Waals surface area contributed by atoms with E-state index >= 15 is 0 Å². The van der Waals surface area contributed by atoms with Crippen LogP contribution in [0.2, 0.25) is 5.02 Å². The monoisotopic (exact) mass is 411 g/mol. The standard InChI is InChI=1S/C18H17ClF3N5O/c1-10-7-15(16(21)22)24-27(10)11(2)18(28)23-17-13(19)9-26(25-17)8-12-5-3-4-6-14(12)20/h3-7,9,11,16H,8H2,1-2H3,(H,23,25,28). The smallest absolute Gasteiger partial charge is 0.282 e. The second kappa shape index (κ2) is 8.05. The maximum Gasteiger partial charge on any atom is 0.282 e. The molecule has 1 unspecified atom stereocenters. The maximum absolute atomic E-state index is 13.8. The molecule has 2 aromatic heterocycles. The van der Waals surface area contributed by atoms with Gasteiger partial charge in [0.05, 0.1) is 6.54 Å². The first-order valence-electron chi connectivity index (χ1n) is 8.37. The first-order valence-corrected chi connectivity index (χ1v) is 8.75. The topological polar surface area (TPSA) is 64.7 Å². The van der Waals surface area contributed by atoms with Gasteiger partial charge in [-0.3, -0.25) is 14.2 Å². The number of amides is 1. The van der Waals surface area contributed by atoms with Gasteiger partial charge in [0.1, 0.15) is 22.6 Å². The molecule has 1 amide bonds. The number of alkyl halides is 2. The number of nitrogens with one attached hydrogen (secondary N) is 1. The van der Waals surface area contributed by atoms with Gasteiger partial charge in [0.25, 0.3) is 6.43 Å². The molecule has 148 valence electrons. The van der Waals surface area contributed by atoms with Crippen molar-refractivity contribution in [3.8, 4) is 0 Å². The molecule has 1 N–H and O–H groups in total. The number of nitrogens with zero attached hydrogens (tertiary/aromatic N) is 4. The average molecular weight is 412 g/mol. The Morgan fingerprint density at radius 3 is 2.64 bits per heavy atom. The van der Waals surface area contributed by atoms with Crippen LogP contribution in [-0.4, -0.2) is 25.5 Å². The Hall–Kier alpha value is -2.81. The second-order valence-corrected chi connectivity index (χ2v) is 6.64. The van der Waals surface area contributed by atoms with Gasteiger partial charge in [0.15, 0.2) is 5.82 Å². The number of anilines is 1. The molecule has 3 aromatic rings. The van der Waals surface area contributed by atoms with E-state index in [1.807, 2.05) is 0 Å². The van der Waals surface area contributed by atoms with Gasteiger partial charge in [0, 0.05) is 17.5 Å². The molecule has 1 aromatic carbocycles. The van der Waals surface area contributed by atoms with Gasteiger partial charge in [-0.05, 0) is 26.0 Å². The zero-order chi connectivity index (χ0) is 20.4. The number of aryl methyl sites for hydroxylation is 1. The Bertz CT molecular complexity index is 1000. The Labute approximate surface area is 163 Å². The zero-order valence-electron chi connectivity index (χ0n) is 15.0. The van der Waals surface area contributed by atoms with Crippen LogP contribution in [0.15, 0.2) is 36.5 Å². The lowest BCUT2D eigenvalue weighted by Crippen LogP contribution is -2.25. The fraction of sp³-hybridized carbons (Fsp3) is 0.278. The van der Waals surface area contributed by atoms with Crippen molar-refractivity contribution in [1.82, 2.24) is 19.6 Å². The van der Waals surface area contributed by atoms with Crippen molar-refractivity contribution in [2.45, 2.75) is 32.9 Å². The number of rotatable bonds is 6. The molecular formula is C18H17ClF3N5O. The van der Waals surface area contributed by atoms with E-state index in [2.05, 4.69) is 15.5 Å². The highest BCUT2D eigenvalue weighted by atomic mass is 35.5. The van der Waals surface area contributed by atoms with E-state index in [-0.39, 0.29) is 23.2 Å². The minimum atomic E-state index is -2.72. The molecule has 10 heteroatoms. The zero-order valence-corrected chi connectivity index (χ0v) is 15.8. The third-order valence-corrected chi connectivity index (χ3v) is 4.44. The number of hydrogen-bond acceptors (Lipinski definition) is 3. The van der Waals surface area contributed by atoms with E-state index < -0.39 is 24.1 Å². The first-order chi connectivity index (χ1) is 13.3. The Balaban J connectivity index is 1.74. The van der Waals surface area contributed by atoms with Crippen molar-refractivity contribution in [1.29, 1.82) is 0 Å². The minimum absolute atomic E-state index is 0.0914. The van der Waals surface area contributed by atoms with Crippen LogP contribution in [0.4, 0.5) is 19.0 Å². The van der Waals surface area contributed by atoms with Crippen LogP contribution >= 0.6 is 11.6 Å². The number of hydrogen-bond donors (Lipinski definition) is 1. The molecule has 2 heterocycles. The second-order valence-electron chi connectivity index (χ2n) is 6.24. The molecule has 0 bridgehead atoms. The summed E-state index contributed by atoms with van der Waals surface area (Å²) in [7, 11) is 0. The van der Waals surface area contributed by atoms with Gasteiger partial charge < -0.3 is 5.32 Å². The third kappa shape index (κ3) is 4.19. The van der Waals surface area contributed by atoms with Gasteiger partial charge in [0.2, 0.25) is 5.91 Å². The molecule has 1 atom stereocenters.